The quantitative estimate of drug-likeness (QED) is 0.409. The minimum Gasteiger partial charge on any atom is -0.465 e. The van der Waals surface area contributed by atoms with Gasteiger partial charge in [0, 0.05) is 6.04 Å². The SMILES string of the molecule is COC(=O)c1ccc(N2C(=O)CC(N(C3CCCCC3)S(=O)(=O)c3c(C)c(C)cc(C)c3C)C2=O)cc1. The molecule has 1 aliphatic carbocycles. The molecule has 1 unspecified atom stereocenters. The Morgan fingerprint density at radius 1 is 0.946 bits per heavy atom. The molecular weight excluding hydrogens is 492 g/mol. The van der Waals surface area contributed by atoms with Crippen molar-refractivity contribution in [3.05, 3.63) is 58.1 Å². The lowest BCUT2D eigenvalue weighted by Gasteiger charge is -2.37. The van der Waals surface area contributed by atoms with Crippen LogP contribution >= 0.6 is 0 Å². The van der Waals surface area contributed by atoms with Crippen LogP contribution in [0.3, 0.4) is 0 Å². The van der Waals surface area contributed by atoms with Gasteiger partial charge in [-0.1, -0.05) is 25.3 Å². The molecule has 198 valence electrons. The van der Waals surface area contributed by atoms with Crippen LogP contribution in [0.2, 0.25) is 0 Å². The third kappa shape index (κ3) is 4.82. The van der Waals surface area contributed by atoms with Crippen molar-refractivity contribution < 1.29 is 27.5 Å². The fourth-order valence-corrected chi connectivity index (χ4v) is 7.99. The minimum absolute atomic E-state index is 0.226. The first-order chi connectivity index (χ1) is 17.5. The standard InChI is InChI=1S/C28H34N2O6S/c1-17-15-18(2)20(4)26(19(17)3)37(34,35)30(23-9-7-6-8-10-23)24-16-25(31)29(27(24)32)22-13-11-21(12-14-22)28(33)36-5/h11-15,23-24H,6-10,16H2,1-5H3. The third-order valence-electron chi connectivity index (χ3n) is 7.74. The molecule has 1 saturated heterocycles. The Hall–Kier alpha value is -3.04. The van der Waals surface area contributed by atoms with Gasteiger partial charge >= 0.3 is 5.97 Å². The summed E-state index contributed by atoms with van der Waals surface area (Å²) < 4.78 is 34.9. The van der Waals surface area contributed by atoms with Crippen LogP contribution in [0, 0.1) is 27.7 Å². The van der Waals surface area contributed by atoms with Gasteiger partial charge in [-0.25, -0.2) is 18.1 Å². The van der Waals surface area contributed by atoms with Gasteiger partial charge in [0.2, 0.25) is 15.9 Å². The zero-order valence-corrected chi connectivity index (χ0v) is 22.9. The number of hydrogen-bond donors (Lipinski definition) is 0. The molecule has 0 spiro atoms. The van der Waals surface area contributed by atoms with Gasteiger partial charge in [0.25, 0.3) is 5.91 Å². The molecule has 9 heteroatoms. The van der Waals surface area contributed by atoms with E-state index in [4.69, 9.17) is 4.74 Å². The molecule has 0 aromatic heterocycles. The zero-order valence-electron chi connectivity index (χ0n) is 22.0. The summed E-state index contributed by atoms with van der Waals surface area (Å²) in [5, 5.41) is 0. The van der Waals surface area contributed by atoms with Gasteiger partial charge < -0.3 is 4.74 Å². The van der Waals surface area contributed by atoms with Crippen LogP contribution in [0.4, 0.5) is 5.69 Å². The number of nitrogens with zero attached hydrogens (tertiary/aromatic N) is 2. The van der Waals surface area contributed by atoms with E-state index in [1.54, 1.807) is 13.8 Å². The van der Waals surface area contributed by atoms with E-state index in [1.807, 2.05) is 19.9 Å². The predicted octanol–water partition coefficient (Wildman–Crippen LogP) is 4.36. The van der Waals surface area contributed by atoms with E-state index in [2.05, 4.69) is 0 Å². The molecule has 1 saturated carbocycles. The van der Waals surface area contributed by atoms with Crippen molar-refractivity contribution in [3.63, 3.8) is 0 Å². The van der Waals surface area contributed by atoms with E-state index in [0.29, 0.717) is 29.7 Å². The Morgan fingerprint density at radius 3 is 2.05 bits per heavy atom. The number of carbonyl (C=O) groups is 3. The summed E-state index contributed by atoms with van der Waals surface area (Å²) in [4.78, 5) is 40.0. The highest BCUT2D eigenvalue weighted by Crippen LogP contribution is 2.38. The van der Waals surface area contributed by atoms with Crippen LogP contribution in [-0.4, -0.2) is 49.7 Å². The van der Waals surface area contributed by atoms with Crippen LogP contribution < -0.4 is 4.90 Å². The normalized spacial score (nSPS) is 19.1. The molecule has 4 rings (SSSR count). The number of imide groups is 1. The van der Waals surface area contributed by atoms with Crippen molar-refractivity contribution in [2.75, 3.05) is 12.0 Å². The molecule has 2 aromatic rings. The lowest BCUT2D eigenvalue weighted by molar-refractivity contribution is -0.122. The molecule has 1 heterocycles. The Bertz CT molecular complexity index is 1320. The van der Waals surface area contributed by atoms with Crippen molar-refractivity contribution in [2.45, 2.75) is 83.2 Å². The van der Waals surface area contributed by atoms with Gasteiger partial charge in [0.05, 0.1) is 29.7 Å². The second-order valence-electron chi connectivity index (χ2n) is 10.0. The second-order valence-corrected chi connectivity index (χ2v) is 11.8. The molecule has 0 N–H and O–H groups in total. The molecule has 8 nitrogen and oxygen atoms in total. The molecule has 1 aliphatic heterocycles. The van der Waals surface area contributed by atoms with Crippen LogP contribution in [0.1, 0.15) is 71.1 Å². The van der Waals surface area contributed by atoms with Crippen molar-refractivity contribution in [3.8, 4) is 0 Å². The Labute approximate surface area is 218 Å². The summed E-state index contributed by atoms with van der Waals surface area (Å²) in [7, 11) is -2.83. The maximum absolute atomic E-state index is 14.4. The van der Waals surface area contributed by atoms with E-state index < -0.39 is 33.8 Å². The predicted molar refractivity (Wildman–Crippen MR) is 140 cm³/mol. The molecule has 0 radical (unpaired) electrons. The number of aryl methyl sites for hydroxylation is 2. The minimum atomic E-state index is -4.10. The molecule has 2 fully saturated rings. The number of methoxy groups -OCH3 is 1. The summed E-state index contributed by atoms with van der Waals surface area (Å²) in [5.74, 6) is -1.56. The average molecular weight is 527 g/mol. The third-order valence-corrected chi connectivity index (χ3v) is 9.98. The number of amides is 2. The van der Waals surface area contributed by atoms with Crippen LogP contribution in [-0.2, 0) is 24.3 Å². The first-order valence-corrected chi connectivity index (χ1v) is 14.1. The van der Waals surface area contributed by atoms with Crippen molar-refractivity contribution >= 4 is 33.5 Å². The smallest absolute Gasteiger partial charge is 0.337 e. The Balaban J connectivity index is 1.78. The number of carbonyl (C=O) groups excluding carboxylic acids is 3. The van der Waals surface area contributed by atoms with E-state index in [1.165, 1.54) is 35.7 Å². The van der Waals surface area contributed by atoms with Crippen molar-refractivity contribution in [2.24, 2.45) is 0 Å². The van der Waals surface area contributed by atoms with Crippen molar-refractivity contribution in [1.82, 2.24) is 4.31 Å². The van der Waals surface area contributed by atoms with Crippen LogP contribution in [0.5, 0.6) is 0 Å². The largest absolute Gasteiger partial charge is 0.465 e. The number of rotatable bonds is 6. The fraction of sp³-hybridized carbons (Fsp3) is 0.464. The Kier molecular flexibility index (Phi) is 7.57. The van der Waals surface area contributed by atoms with Gasteiger partial charge in [-0.05, 0) is 87.1 Å². The number of sulfonamides is 1. The Morgan fingerprint density at radius 2 is 1.51 bits per heavy atom. The zero-order chi connectivity index (χ0) is 27.1. The lowest BCUT2D eigenvalue weighted by Crippen LogP contribution is -2.51. The molecule has 2 aromatic carbocycles. The van der Waals surface area contributed by atoms with E-state index >= 15 is 0 Å². The summed E-state index contributed by atoms with van der Waals surface area (Å²) in [6, 6.07) is 6.45. The van der Waals surface area contributed by atoms with Gasteiger partial charge in [-0.15, -0.1) is 0 Å². The molecule has 37 heavy (non-hydrogen) atoms. The first-order valence-electron chi connectivity index (χ1n) is 12.6. The molecule has 0 bridgehead atoms. The average Bonchev–Trinajstić information content (AvgIpc) is 3.16. The number of ether oxygens (including phenoxy) is 1. The summed E-state index contributed by atoms with van der Waals surface area (Å²) in [6.07, 6.45) is 3.82. The van der Waals surface area contributed by atoms with Gasteiger partial charge in [0.1, 0.15) is 6.04 Å². The number of anilines is 1. The number of hydrogen-bond acceptors (Lipinski definition) is 6. The maximum Gasteiger partial charge on any atom is 0.337 e. The van der Waals surface area contributed by atoms with Crippen LogP contribution in [0.15, 0.2) is 35.2 Å². The lowest BCUT2D eigenvalue weighted by atomic mass is 9.94. The highest BCUT2D eigenvalue weighted by Gasteiger charge is 2.50. The fourth-order valence-electron chi connectivity index (χ4n) is 5.58. The first kappa shape index (κ1) is 27.0. The highest BCUT2D eigenvalue weighted by molar-refractivity contribution is 7.89. The van der Waals surface area contributed by atoms with E-state index in [-0.39, 0.29) is 22.9 Å². The topological polar surface area (TPSA) is 101 Å². The summed E-state index contributed by atoms with van der Waals surface area (Å²) in [6.45, 7) is 7.36. The number of benzene rings is 2. The van der Waals surface area contributed by atoms with Gasteiger partial charge in [0.15, 0.2) is 0 Å². The molecular formula is C28H34N2O6S. The second kappa shape index (κ2) is 10.4. The van der Waals surface area contributed by atoms with Crippen LogP contribution in [0.25, 0.3) is 0 Å². The molecule has 2 aliphatic rings. The van der Waals surface area contributed by atoms with Gasteiger partial charge in [-0.3, -0.25) is 9.59 Å². The highest BCUT2D eigenvalue weighted by atomic mass is 32.2. The maximum atomic E-state index is 14.4. The monoisotopic (exact) mass is 526 g/mol. The summed E-state index contributed by atoms with van der Waals surface area (Å²) >= 11 is 0. The van der Waals surface area contributed by atoms with Gasteiger partial charge in [-0.2, -0.15) is 4.31 Å². The van der Waals surface area contributed by atoms with Crippen molar-refractivity contribution in [1.29, 1.82) is 0 Å². The van der Waals surface area contributed by atoms with E-state index in [0.717, 1.165) is 35.3 Å². The van der Waals surface area contributed by atoms with E-state index in [9.17, 15) is 22.8 Å². The molecule has 2 amide bonds. The summed E-state index contributed by atoms with van der Waals surface area (Å²) in [5.41, 5.74) is 3.64. The molecule has 1 atom stereocenters. The number of esters is 1.